The first-order valence-corrected chi connectivity index (χ1v) is 12.3. The normalized spacial score (nSPS) is 17.3. The lowest BCUT2D eigenvalue weighted by molar-refractivity contribution is -0.117. The average molecular weight is 583 g/mol. The number of carbonyl (C=O) groups excluding carboxylic acids is 3. The molecule has 1 aliphatic carbocycles. The average Bonchev–Trinajstić information content (AvgIpc) is 3.43. The van der Waals surface area contributed by atoms with Gasteiger partial charge in [-0.25, -0.2) is 8.78 Å². The van der Waals surface area contributed by atoms with Gasteiger partial charge < -0.3 is 20.7 Å². The van der Waals surface area contributed by atoms with Gasteiger partial charge in [-0.1, -0.05) is 17.7 Å². The molecule has 3 aromatic rings. The summed E-state index contributed by atoms with van der Waals surface area (Å²) in [5.74, 6) is -5.08. The number of carbonyl (C=O) groups is 3. The summed E-state index contributed by atoms with van der Waals surface area (Å²) in [5.41, 5.74) is 1.14. The second kappa shape index (κ2) is 10.8. The Morgan fingerprint density at radius 1 is 0.868 bits per heavy atom. The van der Waals surface area contributed by atoms with Gasteiger partial charge in [0, 0.05) is 36.0 Å². The molecule has 7 nitrogen and oxygen atoms in total. The summed E-state index contributed by atoms with van der Waals surface area (Å²) >= 11 is 18.5. The van der Waals surface area contributed by atoms with Crippen LogP contribution in [0.3, 0.4) is 0 Å². The monoisotopic (exact) mass is 581 g/mol. The van der Waals surface area contributed by atoms with Gasteiger partial charge in [0.05, 0.1) is 23.6 Å². The maximum absolute atomic E-state index is 14.8. The third-order valence-corrected chi connectivity index (χ3v) is 7.09. The number of hydrogen-bond acceptors (Lipinski definition) is 4. The predicted molar refractivity (Wildman–Crippen MR) is 142 cm³/mol. The fourth-order valence-electron chi connectivity index (χ4n) is 4.07. The Kier molecular flexibility index (Phi) is 7.83. The van der Waals surface area contributed by atoms with E-state index in [0.717, 1.165) is 12.1 Å². The number of ether oxygens (including phenoxy) is 1. The van der Waals surface area contributed by atoms with Crippen LogP contribution >= 0.6 is 34.8 Å². The molecule has 0 radical (unpaired) electrons. The SMILES string of the molecule is COc1c(F)cc(NC(=O)[C@H]2[C@H](c3ccc(F)c(Cl)c3)C2(Cl)Cl)cc1C(=O)Nc1ccc(NC(C)=O)cc1. The molecule has 0 bridgehead atoms. The van der Waals surface area contributed by atoms with Gasteiger partial charge in [0.15, 0.2) is 11.6 Å². The lowest BCUT2D eigenvalue weighted by atomic mass is 10.1. The highest BCUT2D eigenvalue weighted by Crippen LogP contribution is 2.65. The smallest absolute Gasteiger partial charge is 0.259 e. The maximum atomic E-state index is 14.8. The molecule has 1 saturated carbocycles. The number of methoxy groups -OCH3 is 1. The van der Waals surface area contributed by atoms with Crippen LogP contribution < -0.4 is 20.7 Å². The van der Waals surface area contributed by atoms with E-state index in [1.54, 1.807) is 24.3 Å². The molecular weight excluding hydrogens is 563 g/mol. The summed E-state index contributed by atoms with van der Waals surface area (Å²) in [6.45, 7) is 1.37. The van der Waals surface area contributed by atoms with E-state index in [4.69, 9.17) is 39.5 Å². The van der Waals surface area contributed by atoms with Crippen molar-refractivity contribution in [2.75, 3.05) is 23.1 Å². The molecule has 0 heterocycles. The fourth-order valence-corrected chi connectivity index (χ4v) is 5.09. The number of halogens is 5. The first-order valence-electron chi connectivity index (χ1n) is 11.1. The molecule has 1 fully saturated rings. The summed E-state index contributed by atoms with van der Waals surface area (Å²) in [4.78, 5) is 37.1. The molecular formula is C26H20Cl3F2N3O4. The van der Waals surface area contributed by atoms with E-state index < -0.39 is 39.6 Å². The van der Waals surface area contributed by atoms with Crippen LogP contribution in [-0.2, 0) is 9.59 Å². The van der Waals surface area contributed by atoms with Crippen molar-refractivity contribution in [2.45, 2.75) is 17.2 Å². The molecule has 0 aromatic heterocycles. The molecule has 0 aliphatic heterocycles. The second-order valence-electron chi connectivity index (χ2n) is 8.54. The molecule has 3 aromatic carbocycles. The van der Waals surface area contributed by atoms with E-state index in [-0.39, 0.29) is 27.9 Å². The minimum Gasteiger partial charge on any atom is -0.493 e. The molecule has 3 amide bonds. The van der Waals surface area contributed by atoms with Crippen LogP contribution in [0.15, 0.2) is 54.6 Å². The van der Waals surface area contributed by atoms with Crippen LogP contribution in [0.2, 0.25) is 5.02 Å². The molecule has 0 saturated heterocycles. The van der Waals surface area contributed by atoms with Crippen LogP contribution in [0.4, 0.5) is 25.8 Å². The van der Waals surface area contributed by atoms with Crippen molar-refractivity contribution in [2.24, 2.45) is 5.92 Å². The summed E-state index contributed by atoms with van der Waals surface area (Å²) in [6.07, 6.45) is 0. The third-order valence-electron chi connectivity index (χ3n) is 5.86. The maximum Gasteiger partial charge on any atom is 0.259 e. The topological polar surface area (TPSA) is 96.5 Å². The molecule has 0 spiro atoms. The van der Waals surface area contributed by atoms with Crippen molar-refractivity contribution in [3.63, 3.8) is 0 Å². The molecule has 38 heavy (non-hydrogen) atoms. The van der Waals surface area contributed by atoms with Gasteiger partial charge in [-0.05, 0) is 48.0 Å². The summed E-state index contributed by atoms with van der Waals surface area (Å²) in [6, 6.07) is 12.4. The highest BCUT2D eigenvalue weighted by atomic mass is 35.5. The highest BCUT2D eigenvalue weighted by molar-refractivity contribution is 6.53. The van der Waals surface area contributed by atoms with Crippen LogP contribution in [0, 0.1) is 17.6 Å². The zero-order chi connectivity index (χ0) is 27.8. The number of rotatable bonds is 7. The Balaban J connectivity index is 1.53. The number of hydrogen-bond donors (Lipinski definition) is 3. The molecule has 4 rings (SSSR count). The van der Waals surface area contributed by atoms with Crippen molar-refractivity contribution < 1.29 is 27.9 Å². The van der Waals surface area contributed by atoms with Crippen molar-refractivity contribution in [3.05, 3.63) is 82.4 Å². The lowest BCUT2D eigenvalue weighted by Crippen LogP contribution is -2.19. The molecule has 2 atom stereocenters. The lowest BCUT2D eigenvalue weighted by Gasteiger charge is -2.14. The highest BCUT2D eigenvalue weighted by Gasteiger charge is 2.67. The standard InChI is InChI=1S/C26H20Cl3F2N3O4/c1-12(35)32-14-4-6-15(7-5-14)33-24(36)17-10-16(11-20(31)23(17)38-2)34-25(37)22-21(26(22,28)29)13-3-8-19(30)18(27)9-13/h3-11,21-22H,1-2H3,(H,32,35)(H,33,36)(H,34,37)/t21-,22+/m0/s1. The van der Waals surface area contributed by atoms with Crippen molar-refractivity contribution in [1.29, 1.82) is 0 Å². The summed E-state index contributed by atoms with van der Waals surface area (Å²) in [5, 5.41) is 7.60. The number of anilines is 3. The zero-order valence-corrected chi connectivity index (χ0v) is 22.1. The van der Waals surface area contributed by atoms with E-state index in [1.807, 2.05) is 0 Å². The molecule has 1 aliphatic rings. The van der Waals surface area contributed by atoms with Gasteiger partial charge in [-0.15, -0.1) is 23.2 Å². The van der Waals surface area contributed by atoms with E-state index in [0.29, 0.717) is 16.9 Å². The Morgan fingerprint density at radius 2 is 1.50 bits per heavy atom. The predicted octanol–water partition coefficient (Wildman–Crippen LogP) is 6.36. The molecule has 3 N–H and O–H groups in total. The number of benzene rings is 3. The Bertz CT molecular complexity index is 1430. The van der Waals surface area contributed by atoms with Crippen LogP contribution in [-0.4, -0.2) is 29.2 Å². The van der Waals surface area contributed by atoms with Crippen molar-refractivity contribution in [1.82, 2.24) is 0 Å². The van der Waals surface area contributed by atoms with Gasteiger partial charge in [0.1, 0.15) is 10.2 Å². The van der Waals surface area contributed by atoms with Crippen LogP contribution in [0.25, 0.3) is 0 Å². The Labute approximate surface area is 231 Å². The van der Waals surface area contributed by atoms with Gasteiger partial charge in [-0.2, -0.15) is 0 Å². The quantitative estimate of drug-likeness (QED) is 0.282. The fraction of sp³-hybridized carbons (Fsp3) is 0.192. The Morgan fingerprint density at radius 3 is 2.08 bits per heavy atom. The van der Waals surface area contributed by atoms with E-state index in [9.17, 15) is 23.2 Å². The zero-order valence-electron chi connectivity index (χ0n) is 19.9. The number of nitrogens with one attached hydrogen (secondary N) is 3. The van der Waals surface area contributed by atoms with Crippen molar-refractivity contribution >= 4 is 69.6 Å². The first kappa shape index (κ1) is 27.6. The van der Waals surface area contributed by atoms with E-state index in [1.165, 1.54) is 32.2 Å². The second-order valence-corrected chi connectivity index (χ2v) is 10.4. The van der Waals surface area contributed by atoms with Crippen molar-refractivity contribution in [3.8, 4) is 5.75 Å². The number of alkyl halides is 2. The van der Waals surface area contributed by atoms with Crippen LogP contribution in [0.5, 0.6) is 5.75 Å². The van der Waals surface area contributed by atoms with Gasteiger partial charge in [0.2, 0.25) is 11.8 Å². The van der Waals surface area contributed by atoms with E-state index >= 15 is 0 Å². The van der Waals surface area contributed by atoms with Gasteiger partial charge in [-0.3, -0.25) is 14.4 Å². The summed E-state index contributed by atoms with van der Waals surface area (Å²) < 4.78 is 31.9. The Hall–Kier alpha value is -3.40. The van der Waals surface area contributed by atoms with Crippen LogP contribution in [0.1, 0.15) is 28.8 Å². The number of amides is 3. The minimum atomic E-state index is -1.50. The van der Waals surface area contributed by atoms with Gasteiger partial charge in [0.25, 0.3) is 5.91 Å². The largest absolute Gasteiger partial charge is 0.493 e. The molecule has 0 unspecified atom stereocenters. The van der Waals surface area contributed by atoms with Gasteiger partial charge >= 0.3 is 0 Å². The summed E-state index contributed by atoms with van der Waals surface area (Å²) in [7, 11) is 1.20. The third kappa shape index (κ3) is 5.70. The van der Waals surface area contributed by atoms with E-state index in [2.05, 4.69) is 16.0 Å². The first-order chi connectivity index (χ1) is 17.9. The minimum absolute atomic E-state index is 0.0358. The molecule has 12 heteroatoms. The molecule has 198 valence electrons.